The number of halogens is 1. The zero-order chi connectivity index (χ0) is 23.5. The Morgan fingerprint density at radius 1 is 0.909 bits per heavy atom. The molecule has 2 N–H and O–H groups in total. The third-order valence-electron chi connectivity index (χ3n) is 5.32. The fraction of sp³-hybridized carbons (Fsp3) is 0.115. The molecule has 0 unspecified atom stereocenters. The fourth-order valence-electron chi connectivity index (χ4n) is 3.50. The largest absolute Gasteiger partial charge is 0.350 e. The molecule has 0 aromatic heterocycles. The molecule has 0 aliphatic carbocycles. The van der Waals surface area contributed by atoms with Gasteiger partial charge in [0.1, 0.15) is 10.7 Å². The average Bonchev–Trinajstić information content (AvgIpc) is 3.02. The monoisotopic (exact) mass is 459 g/mol. The van der Waals surface area contributed by atoms with Gasteiger partial charge in [-0.15, -0.1) is 0 Å². The Labute approximate surface area is 196 Å². The summed E-state index contributed by atoms with van der Waals surface area (Å²) in [7, 11) is 0. The van der Waals surface area contributed by atoms with Crippen molar-refractivity contribution in [2.45, 2.75) is 20.3 Å². The zero-order valence-electron chi connectivity index (χ0n) is 18.2. The Bertz CT molecular complexity index is 1260. The first kappa shape index (κ1) is 22.3. The highest BCUT2D eigenvalue weighted by atomic mass is 35.5. The van der Waals surface area contributed by atoms with Gasteiger partial charge in [-0.25, -0.2) is 4.90 Å². The lowest BCUT2D eigenvalue weighted by Crippen LogP contribution is -2.32. The third-order valence-corrected chi connectivity index (χ3v) is 5.67. The van der Waals surface area contributed by atoms with Crippen molar-refractivity contribution in [1.29, 1.82) is 0 Å². The van der Waals surface area contributed by atoms with Crippen LogP contribution in [-0.2, 0) is 16.0 Å². The summed E-state index contributed by atoms with van der Waals surface area (Å²) >= 11 is 6.20. The van der Waals surface area contributed by atoms with E-state index >= 15 is 0 Å². The number of carbonyl (C=O) groups is 3. The lowest BCUT2D eigenvalue weighted by atomic mass is 10.1. The van der Waals surface area contributed by atoms with Crippen LogP contribution in [0.3, 0.4) is 0 Å². The van der Waals surface area contributed by atoms with E-state index in [0.717, 1.165) is 22.4 Å². The summed E-state index contributed by atoms with van der Waals surface area (Å²) in [5.41, 5.74) is 4.29. The number of amides is 3. The number of aryl methyl sites for hydroxylation is 2. The molecular weight excluding hydrogens is 438 g/mol. The molecule has 0 radical (unpaired) electrons. The van der Waals surface area contributed by atoms with Crippen molar-refractivity contribution in [3.8, 4) is 0 Å². The van der Waals surface area contributed by atoms with Crippen LogP contribution in [0.15, 0.2) is 83.5 Å². The maximum Gasteiger partial charge on any atom is 0.283 e. The summed E-state index contributed by atoms with van der Waals surface area (Å²) in [4.78, 5) is 39.1. The van der Waals surface area contributed by atoms with Crippen molar-refractivity contribution < 1.29 is 14.4 Å². The minimum atomic E-state index is -0.581. The van der Waals surface area contributed by atoms with Crippen LogP contribution in [0.5, 0.6) is 0 Å². The third kappa shape index (κ3) is 4.66. The molecule has 0 spiro atoms. The van der Waals surface area contributed by atoms with E-state index in [4.69, 9.17) is 11.6 Å². The number of anilines is 3. The molecular formula is C26H22ClN3O3. The van der Waals surface area contributed by atoms with Crippen LogP contribution in [0.25, 0.3) is 0 Å². The van der Waals surface area contributed by atoms with Gasteiger partial charge in [0.05, 0.1) is 5.69 Å². The minimum absolute atomic E-state index is 0.00167. The van der Waals surface area contributed by atoms with Gasteiger partial charge in [0.15, 0.2) is 0 Å². The Kier molecular flexibility index (Phi) is 6.29. The van der Waals surface area contributed by atoms with Crippen molar-refractivity contribution in [2.24, 2.45) is 0 Å². The molecule has 1 aliphatic heterocycles. The van der Waals surface area contributed by atoms with E-state index in [9.17, 15) is 14.4 Å². The van der Waals surface area contributed by atoms with E-state index in [1.165, 1.54) is 0 Å². The Morgan fingerprint density at radius 3 is 2.24 bits per heavy atom. The molecule has 0 saturated carbocycles. The van der Waals surface area contributed by atoms with Crippen LogP contribution in [-0.4, -0.2) is 17.7 Å². The summed E-state index contributed by atoms with van der Waals surface area (Å²) in [5.74, 6) is -1.36. The molecule has 166 valence electrons. The number of carbonyl (C=O) groups excluding carboxylic acids is 3. The highest BCUT2D eigenvalue weighted by Crippen LogP contribution is 2.30. The molecule has 4 rings (SSSR count). The van der Waals surface area contributed by atoms with E-state index in [0.29, 0.717) is 22.6 Å². The number of hydrogen-bond donors (Lipinski definition) is 2. The highest BCUT2D eigenvalue weighted by molar-refractivity contribution is 6.53. The van der Waals surface area contributed by atoms with Gasteiger partial charge in [-0.3, -0.25) is 14.4 Å². The van der Waals surface area contributed by atoms with Gasteiger partial charge in [-0.05, 0) is 73.0 Å². The molecule has 3 amide bonds. The van der Waals surface area contributed by atoms with Gasteiger partial charge < -0.3 is 10.6 Å². The standard InChI is InChI=1S/C26H22ClN3O3/c1-3-17-7-13-21(14-8-17)30-25(32)22(27)23(26(30)33)28-19-11-9-18(10-12-19)24(31)29-20-6-4-5-16(2)15-20/h4-15,28H,3H2,1-2H3,(H,29,31). The van der Waals surface area contributed by atoms with E-state index in [1.807, 2.05) is 50.2 Å². The maximum absolute atomic E-state index is 12.9. The number of nitrogens with one attached hydrogen (secondary N) is 2. The summed E-state index contributed by atoms with van der Waals surface area (Å²) in [6, 6.07) is 21.3. The molecule has 1 heterocycles. The summed E-state index contributed by atoms with van der Waals surface area (Å²) < 4.78 is 0. The molecule has 1 aliphatic rings. The first-order valence-electron chi connectivity index (χ1n) is 10.5. The van der Waals surface area contributed by atoms with Crippen LogP contribution in [0.4, 0.5) is 17.1 Å². The average molecular weight is 460 g/mol. The van der Waals surface area contributed by atoms with Crippen molar-refractivity contribution in [3.05, 3.63) is 100 Å². The molecule has 0 atom stereocenters. The number of imide groups is 1. The molecule has 33 heavy (non-hydrogen) atoms. The Morgan fingerprint density at radius 2 is 1.61 bits per heavy atom. The van der Waals surface area contributed by atoms with Gasteiger partial charge in [0.25, 0.3) is 17.7 Å². The quantitative estimate of drug-likeness (QED) is 0.494. The zero-order valence-corrected chi connectivity index (χ0v) is 18.9. The smallest absolute Gasteiger partial charge is 0.283 e. The molecule has 6 nitrogen and oxygen atoms in total. The topological polar surface area (TPSA) is 78.5 Å². The van der Waals surface area contributed by atoms with Crippen molar-refractivity contribution >= 4 is 46.4 Å². The summed E-state index contributed by atoms with van der Waals surface area (Å²) in [5, 5.41) is 5.59. The van der Waals surface area contributed by atoms with Gasteiger partial charge >= 0.3 is 0 Å². The molecule has 0 saturated heterocycles. The fourth-order valence-corrected chi connectivity index (χ4v) is 3.71. The van der Waals surface area contributed by atoms with Crippen molar-refractivity contribution in [2.75, 3.05) is 15.5 Å². The Balaban J connectivity index is 1.47. The number of hydrogen-bond acceptors (Lipinski definition) is 4. The summed E-state index contributed by atoms with van der Waals surface area (Å²) in [6.45, 7) is 3.98. The number of rotatable bonds is 6. The predicted molar refractivity (Wildman–Crippen MR) is 130 cm³/mol. The second-order valence-electron chi connectivity index (χ2n) is 7.68. The van der Waals surface area contributed by atoms with Crippen molar-refractivity contribution in [1.82, 2.24) is 0 Å². The summed E-state index contributed by atoms with van der Waals surface area (Å²) in [6.07, 6.45) is 0.854. The molecule has 0 fully saturated rings. The second-order valence-corrected chi connectivity index (χ2v) is 8.06. The number of benzene rings is 3. The van der Waals surface area contributed by atoms with Gasteiger partial charge in [-0.2, -0.15) is 0 Å². The van der Waals surface area contributed by atoms with Crippen LogP contribution in [0.2, 0.25) is 0 Å². The lowest BCUT2D eigenvalue weighted by molar-refractivity contribution is -0.120. The molecule has 3 aromatic carbocycles. The molecule has 7 heteroatoms. The van der Waals surface area contributed by atoms with Crippen LogP contribution >= 0.6 is 11.6 Å². The first-order valence-corrected chi connectivity index (χ1v) is 10.9. The minimum Gasteiger partial charge on any atom is -0.350 e. The van der Waals surface area contributed by atoms with E-state index in [-0.39, 0.29) is 16.6 Å². The van der Waals surface area contributed by atoms with Gasteiger partial charge in [0.2, 0.25) is 0 Å². The number of nitrogens with zero attached hydrogens (tertiary/aromatic N) is 1. The van der Waals surface area contributed by atoms with E-state index < -0.39 is 11.8 Å². The highest BCUT2D eigenvalue weighted by Gasteiger charge is 2.38. The Hall–Kier alpha value is -3.90. The normalized spacial score (nSPS) is 13.5. The van der Waals surface area contributed by atoms with E-state index in [2.05, 4.69) is 10.6 Å². The van der Waals surface area contributed by atoms with Crippen LogP contribution in [0, 0.1) is 6.92 Å². The van der Waals surface area contributed by atoms with Gasteiger partial charge in [-0.1, -0.05) is 42.8 Å². The predicted octanol–water partition coefficient (Wildman–Crippen LogP) is 5.25. The second kappa shape index (κ2) is 9.30. The van der Waals surface area contributed by atoms with E-state index in [1.54, 1.807) is 36.4 Å². The molecule has 3 aromatic rings. The first-order chi connectivity index (χ1) is 15.9. The molecule has 0 bridgehead atoms. The maximum atomic E-state index is 12.9. The lowest BCUT2D eigenvalue weighted by Gasteiger charge is -2.15. The SMILES string of the molecule is CCc1ccc(N2C(=O)C(Cl)=C(Nc3ccc(C(=O)Nc4cccc(C)c4)cc3)C2=O)cc1. The van der Waals surface area contributed by atoms with Crippen LogP contribution < -0.4 is 15.5 Å². The van der Waals surface area contributed by atoms with Crippen LogP contribution in [0.1, 0.15) is 28.4 Å². The van der Waals surface area contributed by atoms with Crippen molar-refractivity contribution in [3.63, 3.8) is 0 Å². The van der Waals surface area contributed by atoms with Gasteiger partial charge in [0, 0.05) is 16.9 Å².